The molecule has 1 N–H and O–H groups in total. The monoisotopic (exact) mass is 226 g/mol. The van der Waals surface area contributed by atoms with Gasteiger partial charge in [0.25, 0.3) is 0 Å². The van der Waals surface area contributed by atoms with Crippen LogP contribution in [0.4, 0.5) is 0 Å². The van der Waals surface area contributed by atoms with Crippen LogP contribution in [0.3, 0.4) is 0 Å². The lowest BCUT2D eigenvalue weighted by Gasteiger charge is -2.07. The van der Waals surface area contributed by atoms with Gasteiger partial charge in [0.2, 0.25) is 0 Å². The molecule has 0 unspecified atom stereocenters. The van der Waals surface area contributed by atoms with Crippen molar-refractivity contribution in [1.29, 1.82) is 0 Å². The number of ether oxygens (including phenoxy) is 1. The smallest absolute Gasteiger partial charge is 0.303 e. The summed E-state index contributed by atoms with van der Waals surface area (Å²) in [6.07, 6.45) is 2.70. The van der Waals surface area contributed by atoms with Gasteiger partial charge >= 0.3 is 5.97 Å². The number of benzene rings is 1. The highest BCUT2D eigenvalue weighted by Crippen LogP contribution is 2.28. The highest BCUT2D eigenvalue weighted by molar-refractivity contribution is 7.98. The van der Waals surface area contributed by atoms with Gasteiger partial charge in [-0.1, -0.05) is 6.07 Å². The van der Waals surface area contributed by atoms with E-state index >= 15 is 0 Å². The van der Waals surface area contributed by atoms with Crippen LogP contribution in [0.15, 0.2) is 23.1 Å². The number of carbonyl (C=O) groups is 1. The normalized spacial score (nSPS) is 10.0. The lowest BCUT2D eigenvalue weighted by Crippen LogP contribution is -1.97. The molecule has 1 aromatic carbocycles. The van der Waals surface area contributed by atoms with Crippen molar-refractivity contribution in [3.63, 3.8) is 0 Å². The van der Waals surface area contributed by atoms with E-state index in [1.54, 1.807) is 18.9 Å². The lowest BCUT2D eigenvalue weighted by molar-refractivity contribution is -0.136. The average molecular weight is 226 g/mol. The zero-order valence-corrected chi connectivity index (χ0v) is 9.63. The molecule has 1 rings (SSSR count). The standard InChI is InChI=1S/C11H14O3S/c1-14-9-5-3-8(4-6-11(12)13)7-10(9)15-2/h3,5,7H,4,6H2,1-2H3,(H,12,13). The summed E-state index contributed by atoms with van der Waals surface area (Å²) in [6.45, 7) is 0. The molecule has 15 heavy (non-hydrogen) atoms. The maximum Gasteiger partial charge on any atom is 0.303 e. The first kappa shape index (κ1) is 11.9. The number of hydrogen-bond acceptors (Lipinski definition) is 3. The molecule has 0 saturated heterocycles. The van der Waals surface area contributed by atoms with Crippen molar-refractivity contribution in [2.24, 2.45) is 0 Å². The minimum Gasteiger partial charge on any atom is -0.496 e. The Morgan fingerprint density at radius 2 is 2.27 bits per heavy atom. The summed E-state index contributed by atoms with van der Waals surface area (Å²) in [5.41, 5.74) is 1.03. The molecule has 0 aliphatic carbocycles. The van der Waals surface area contributed by atoms with Gasteiger partial charge in [0.1, 0.15) is 5.75 Å². The Labute approximate surface area is 93.4 Å². The number of thioether (sulfide) groups is 1. The molecule has 0 aliphatic heterocycles. The van der Waals surface area contributed by atoms with E-state index < -0.39 is 5.97 Å². The quantitative estimate of drug-likeness (QED) is 0.783. The second kappa shape index (κ2) is 5.66. The maximum atomic E-state index is 10.4. The Balaban J connectivity index is 2.78. The van der Waals surface area contributed by atoms with Gasteiger partial charge in [0, 0.05) is 11.3 Å². The Kier molecular flexibility index (Phi) is 4.49. The first-order valence-electron chi connectivity index (χ1n) is 4.60. The van der Waals surface area contributed by atoms with Crippen LogP contribution in [0.25, 0.3) is 0 Å². The third-order valence-electron chi connectivity index (χ3n) is 2.08. The fourth-order valence-electron chi connectivity index (χ4n) is 1.29. The van der Waals surface area contributed by atoms with Crippen molar-refractivity contribution in [2.75, 3.05) is 13.4 Å². The molecule has 0 saturated carbocycles. The maximum absolute atomic E-state index is 10.4. The van der Waals surface area contributed by atoms with Crippen LogP contribution in [-0.4, -0.2) is 24.4 Å². The minimum atomic E-state index is -0.767. The van der Waals surface area contributed by atoms with Crippen molar-refractivity contribution in [2.45, 2.75) is 17.7 Å². The summed E-state index contributed by atoms with van der Waals surface area (Å²) in [7, 11) is 1.63. The second-order valence-corrected chi connectivity index (χ2v) is 3.93. The number of methoxy groups -OCH3 is 1. The molecule has 1 aromatic rings. The zero-order chi connectivity index (χ0) is 11.3. The van der Waals surface area contributed by atoms with Gasteiger partial charge in [-0.05, 0) is 30.4 Å². The van der Waals surface area contributed by atoms with Gasteiger partial charge in [0.05, 0.1) is 7.11 Å². The van der Waals surface area contributed by atoms with E-state index in [9.17, 15) is 4.79 Å². The topological polar surface area (TPSA) is 46.5 Å². The van der Waals surface area contributed by atoms with Crippen LogP contribution >= 0.6 is 11.8 Å². The number of rotatable bonds is 5. The molecule has 0 aliphatic rings. The molecule has 3 nitrogen and oxygen atoms in total. The van der Waals surface area contributed by atoms with Crippen LogP contribution in [0.1, 0.15) is 12.0 Å². The van der Waals surface area contributed by atoms with Crippen molar-refractivity contribution < 1.29 is 14.6 Å². The van der Waals surface area contributed by atoms with E-state index in [1.165, 1.54) is 0 Å². The Hall–Kier alpha value is -1.16. The van der Waals surface area contributed by atoms with E-state index in [0.717, 1.165) is 16.2 Å². The van der Waals surface area contributed by atoms with E-state index in [1.807, 2.05) is 24.5 Å². The summed E-state index contributed by atoms with van der Waals surface area (Å²) in [6, 6.07) is 5.76. The van der Waals surface area contributed by atoms with Crippen molar-refractivity contribution in [1.82, 2.24) is 0 Å². The molecule has 4 heteroatoms. The molecule has 0 fully saturated rings. The summed E-state index contributed by atoms with van der Waals surface area (Å²) < 4.78 is 5.18. The minimum absolute atomic E-state index is 0.167. The van der Waals surface area contributed by atoms with Gasteiger partial charge in [-0.15, -0.1) is 11.8 Å². The van der Waals surface area contributed by atoms with Crippen molar-refractivity contribution in [3.8, 4) is 5.75 Å². The Bertz CT molecular complexity index is 350. The van der Waals surface area contributed by atoms with Crippen molar-refractivity contribution in [3.05, 3.63) is 23.8 Å². The van der Waals surface area contributed by atoms with E-state index in [0.29, 0.717) is 6.42 Å². The first-order chi connectivity index (χ1) is 7.17. The van der Waals surface area contributed by atoms with Crippen LogP contribution in [0, 0.1) is 0 Å². The summed E-state index contributed by atoms with van der Waals surface area (Å²) in [5, 5.41) is 8.57. The third-order valence-corrected chi connectivity index (χ3v) is 2.83. The fourth-order valence-corrected chi connectivity index (χ4v) is 1.91. The Morgan fingerprint density at radius 3 is 2.80 bits per heavy atom. The number of carboxylic acid groups (broad SMARTS) is 1. The van der Waals surface area contributed by atoms with Crippen molar-refractivity contribution >= 4 is 17.7 Å². The lowest BCUT2D eigenvalue weighted by atomic mass is 10.1. The number of hydrogen-bond donors (Lipinski definition) is 1. The molecule has 0 amide bonds. The number of aryl methyl sites for hydroxylation is 1. The number of aliphatic carboxylic acids is 1. The molecular formula is C11H14O3S. The molecule has 0 spiro atoms. The summed E-state index contributed by atoms with van der Waals surface area (Å²) >= 11 is 1.60. The first-order valence-corrected chi connectivity index (χ1v) is 5.82. The van der Waals surface area contributed by atoms with Crippen LogP contribution in [-0.2, 0) is 11.2 Å². The Morgan fingerprint density at radius 1 is 1.53 bits per heavy atom. The van der Waals surface area contributed by atoms with E-state index in [4.69, 9.17) is 9.84 Å². The predicted molar refractivity (Wildman–Crippen MR) is 60.7 cm³/mol. The molecule has 0 radical (unpaired) electrons. The van der Waals surface area contributed by atoms with Gasteiger partial charge < -0.3 is 9.84 Å². The molecule has 0 heterocycles. The van der Waals surface area contributed by atoms with Gasteiger partial charge in [-0.25, -0.2) is 0 Å². The highest BCUT2D eigenvalue weighted by atomic mass is 32.2. The van der Waals surface area contributed by atoms with Gasteiger partial charge in [-0.2, -0.15) is 0 Å². The summed E-state index contributed by atoms with van der Waals surface area (Å²) in [4.78, 5) is 11.5. The van der Waals surface area contributed by atoms with Gasteiger partial charge in [0.15, 0.2) is 0 Å². The second-order valence-electron chi connectivity index (χ2n) is 3.08. The molecule has 0 atom stereocenters. The third kappa shape index (κ3) is 3.47. The molecule has 82 valence electrons. The van der Waals surface area contributed by atoms with Crippen LogP contribution in [0.2, 0.25) is 0 Å². The molecule has 0 aromatic heterocycles. The average Bonchev–Trinajstić information content (AvgIpc) is 2.25. The molecular weight excluding hydrogens is 212 g/mol. The molecule has 0 bridgehead atoms. The largest absolute Gasteiger partial charge is 0.496 e. The van der Waals surface area contributed by atoms with Crippen LogP contribution < -0.4 is 4.74 Å². The number of carboxylic acids is 1. The van der Waals surface area contributed by atoms with Crippen LogP contribution in [0.5, 0.6) is 5.75 Å². The SMILES string of the molecule is COc1ccc(CCC(=O)O)cc1SC. The zero-order valence-electron chi connectivity index (χ0n) is 8.82. The predicted octanol–water partition coefficient (Wildman–Crippen LogP) is 2.43. The fraction of sp³-hybridized carbons (Fsp3) is 0.364. The highest BCUT2D eigenvalue weighted by Gasteiger charge is 2.04. The summed E-state index contributed by atoms with van der Waals surface area (Å²) in [5.74, 6) is 0.0677. The van der Waals surface area contributed by atoms with E-state index in [-0.39, 0.29) is 6.42 Å². The van der Waals surface area contributed by atoms with E-state index in [2.05, 4.69) is 0 Å². The van der Waals surface area contributed by atoms with Gasteiger partial charge in [-0.3, -0.25) is 4.79 Å².